The van der Waals surface area contributed by atoms with Gasteiger partial charge in [0, 0.05) is 51.3 Å². The zero-order valence-electron chi connectivity index (χ0n) is 15.0. The van der Waals surface area contributed by atoms with Crippen molar-refractivity contribution in [2.75, 3.05) is 13.1 Å². The van der Waals surface area contributed by atoms with E-state index in [4.69, 9.17) is 16.6 Å². The topological polar surface area (TPSA) is 33.2 Å². The van der Waals surface area contributed by atoms with Crippen LogP contribution in [0.5, 0.6) is 0 Å². The van der Waals surface area contributed by atoms with Crippen molar-refractivity contribution in [2.45, 2.75) is 32.6 Å². The highest BCUT2D eigenvalue weighted by molar-refractivity contribution is 9.10. The summed E-state index contributed by atoms with van der Waals surface area (Å²) < 4.78 is 2.01. The van der Waals surface area contributed by atoms with Gasteiger partial charge in [0.05, 0.1) is 5.69 Å². The van der Waals surface area contributed by atoms with Gasteiger partial charge < -0.3 is 4.90 Å². The number of carbonyl (C=O) groups excluding carboxylic acids is 1. The standard InChI is InChI=1S/C21H19Br2ClN2O/c1-12(27)26-6-4-13(5-7-26)20-19-14(9-17(24)10-18(19)23)2-3-15-8-16(22)11-25-21(15)20/h8-11H,2-7H2,1H3. The van der Waals surface area contributed by atoms with Crippen LogP contribution < -0.4 is 0 Å². The van der Waals surface area contributed by atoms with E-state index in [9.17, 15) is 4.79 Å². The van der Waals surface area contributed by atoms with E-state index >= 15 is 0 Å². The molecule has 3 nitrogen and oxygen atoms in total. The van der Waals surface area contributed by atoms with Crippen LogP contribution in [-0.4, -0.2) is 28.9 Å². The van der Waals surface area contributed by atoms with Crippen LogP contribution in [0.1, 0.15) is 42.1 Å². The molecule has 1 amide bonds. The molecule has 0 N–H and O–H groups in total. The van der Waals surface area contributed by atoms with Gasteiger partial charge in [-0.1, -0.05) is 33.1 Å². The SMILES string of the molecule is CC(=O)N1CCC(=C2c3ncc(Br)cc3CCc3cc(Cl)cc(Br)c32)CC1. The highest BCUT2D eigenvalue weighted by atomic mass is 79.9. The zero-order valence-corrected chi connectivity index (χ0v) is 18.9. The van der Waals surface area contributed by atoms with Gasteiger partial charge in [-0.15, -0.1) is 0 Å². The summed E-state index contributed by atoms with van der Waals surface area (Å²) in [7, 11) is 0. The molecule has 0 bridgehead atoms. The smallest absolute Gasteiger partial charge is 0.219 e. The van der Waals surface area contributed by atoms with Crippen molar-refractivity contribution in [1.82, 2.24) is 9.88 Å². The van der Waals surface area contributed by atoms with Gasteiger partial charge >= 0.3 is 0 Å². The van der Waals surface area contributed by atoms with Crippen LogP contribution in [-0.2, 0) is 17.6 Å². The highest BCUT2D eigenvalue weighted by Crippen LogP contribution is 2.42. The number of amides is 1. The average molecular weight is 511 g/mol. The van der Waals surface area contributed by atoms with E-state index in [0.29, 0.717) is 0 Å². The monoisotopic (exact) mass is 508 g/mol. The van der Waals surface area contributed by atoms with E-state index in [1.54, 1.807) is 6.92 Å². The largest absolute Gasteiger partial charge is 0.342 e. The summed E-state index contributed by atoms with van der Waals surface area (Å²) in [6.45, 7) is 3.17. The number of fused-ring (bicyclic) bond motifs is 2. The summed E-state index contributed by atoms with van der Waals surface area (Å²) in [5, 5.41) is 0.747. The molecule has 1 saturated heterocycles. The van der Waals surface area contributed by atoms with Crippen LogP contribution in [0.4, 0.5) is 0 Å². The van der Waals surface area contributed by atoms with E-state index in [1.165, 1.54) is 27.8 Å². The maximum absolute atomic E-state index is 11.7. The minimum absolute atomic E-state index is 0.149. The van der Waals surface area contributed by atoms with Crippen LogP contribution in [0.25, 0.3) is 5.57 Å². The molecule has 0 atom stereocenters. The predicted octanol–water partition coefficient (Wildman–Crippen LogP) is 5.80. The van der Waals surface area contributed by atoms with Gasteiger partial charge in [0.1, 0.15) is 0 Å². The number of rotatable bonds is 0. The fourth-order valence-corrected chi connectivity index (χ4v) is 5.53. The molecule has 1 fully saturated rings. The van der Waals surface area contributed by atoms with Gasteiger partial charge in [0.25, 0.3) is 0 Å². The number of nitrogens with zero attached hydrogens (tertiary/aromatic N) is 2. The molecule has 2 heterocycles. The first kappa shape index (κ1) is 19.2. The number of halogens is 3. The van der Waals surface area contributed by atoms with Crippen LogP contribution in [0.15, 0.2) is 38.9 Å². The molecule has 4 rings (SSSR count). The van der Waals surface area contributed by atoms with E-state index < -0.39 is 0 Å². The highest BCUT2D eigenvalue weighted by Gasteiger charge is 2.27. The maximum Gasteiger partial charge on any atom is 0.219 e. The van der Waals surface area contributed by atoms with Crippen LogP contribution in [0, 0.1) is 0 Å². The maximum atomic E-state index is 11.7. The molecule has 0 unspecified atom stereocenters. The summed E-state index contributed by atoms with van der Waals surface area (Å²) in [4.78, 5) is 18.5. The van der Waals surface area contributed by atoms with Crippen LogP contribution in [0.3, 0.4) is 0 Å². The first-order valence-electron chi connectivity index (χ1n) is 9.04. The van der Waals surface area contributed by atoms with Crippen molar-refractivity contribution in [1.29, 1.82) is 0 Å². The van der Waals surface area contributed by atoms with E-state index in [-0.39, 0.29) is 5.91 Å². The Hall–Kier alpha value is -1.17. The molecule has 0 radical (unpaired) electrons. The second-order valence-corrected chi connectivity index (χ2v) is 9.27. The number of likely N-dealkylation sites (tertiary alicyclic amines) is 1. The van der Waals surface area contributed by atoms with Crippen molar-refractivity contribution >= 4 is 54.9 Å². The van der Waals surface area contributed by atoms with E-state index in [0.717, 1.165) is 58.4 Å². The number of pyridine rings is 1. The number of hydrogen-bond acceptors (Lipinski definition) is 2. The summed E-state index contributed by atoms with van der Waals surface area (Å²) in [6, 6.07) is 6.22. The molecule has 2 aliphatic rings. The minimum atomic E-state index is 0.149. The Balaban J connectivity index is 1.92. The second-order valence-electron chi connectivity index (χ2n) is 7.07. The Labute approximate surface area is 181 Å². The van der Waals surface area contributed by atoms with Crippen molar-refractivity contribution in [2.24, 2.45) is 0 Å². The predicted molar refractivity (Wildman–Crippen MR) is 116 cm³/mol. The Morgan fingerprint density at radius 1 is 1.07 bits per heavy atom. The first-order valence-corrected chi connectivity index (χ1v) is 11.0. The zero-order chi connectivity index (χ0) is 19.1. The van der Waals surface area contributed by atoms with Crippen LogP contribution in [0.2, 0.25) is 5.02 Å². The average Bonchev–Trinajstić information content (AvgIpc) is 2.78. The number of aromatic nitrogens is 1. The molecule has 140 valence electrons. The summed E-state index contributed by atoms with van der Waals surface area (Å²) in [5.74, 6) is 0.149. The molecule has 27 heavy (non-hydrogen) atoms. The lowest BCUT2D eigenvalue weighted by molar-refractivity contribution is -0.129. The minimum Gasteiger partial charge on any atom is -0.342 e. The molecule has 0 saturated carbocycles. The summed E-state index contributed by atoms with van der Waals surface area (Å²) >= 11 is 13.7. The Morgan fingerprint density at radius 3 is 2.48 bits per heavy atom. The van der Waals surface area contributed by atoms with Gasteiger partial charge in [0.2, 0.25) is 5.91 Å². The number of piperidine rings is 1. The molecule has 0 spiro atoms. The van der Waals surface area contributed by atoms with Gasteiger partial charge in [0.15, 0.2) is 0 Å². The third kappa shape index (κ3) is 3.74. The molecule has 2 aromatic rings. The van der Waals surface area contributed by atoms with Gasteiger partial charge in [-0.2, -0.15) is 0 Å². The Bertz CT molecular complexity index is 961. The van der Waals surface area contributed by atoms with E-state index in [2.05, 4.69) is 44.0 Å². The third-order valence-corrected chi connectivity index (χ3v) is 6.66. The molecule has 1 aromatic heterocycles. The van der Waals surface area contributed by atoms with Crippen molar-refractivity contribution in [3.05, 3.63) is 66.3 Å². The number of aryl methyl sites for hydroxylation is 2. The van der Waals surface area contributed by atoms with Crippen LogP contribution >= 0.6 is 43.5 Å². The number of benzene rings is 1. The second kappa shape index (κ2) is 7.69. The number of hydrogen-bond donors (Lipinski definition) is 0. The quantitative estimate of drug-likeness (QED) is 0.449. The molecular weight excluding hydrogens is 492 g/mol. The normalized spacial score (nSPS) is 16.7. The van der Waals surface area contributed by atoms with E-state index in [1.807, 2.05) is 17.2 Å². The fourth-order valence-electron chi connectivity index (χ4n) is 4.07. The van der Waals surface area contributed by atoms with Crippen molar-refractivity contribution in [3.8, 4) is 0 Å². The number of carbonyl (C=O) groups is 1. The summed E-state index contributed by atoms with van der Waals surface area (Å²) in [6.07, 6.45) is 5.48. The van der Waals surface area contributed by atoms with Gasteiger partial charge in [-0.05, 0) is 70.9 Å². The molecule has 6 heteroatoms. The molecular formula is C21H19Br2ClN2O. The molecule has 1 aliphatic carbocycles. The van der Waals surface area contributed by atoms with Gasteiger partial charge in [-0.25, -0.2) is 0 Å². The summed E-state index contributed by atoms with van der Waals surface area (Å²) in [5.41, 5.74) is 7.36. The Morgan fingerprint density at radius 2 is 1.78 bits per heavy atom. The van der Waals surface area contributed by atoms with Crippen molar-refractivity contribution < 1.29 is 4.79 Å². The van der Waals surface area contributed by atoms with Crippen molar-refractivity contribution in [3.63, 3.8) is 0 Å². The Kier molecular flexibility index (Phi) is 5.45. The lowest BCUT2D eigenvalue weighted by atomic mass is 9.88. The first-order chi connectivity index (χ1) is 12.9. The lowest BCUT2D eigenvalue weighted by Crippen LogP contribution is -2.34. The molecule has 1 aliphatic heterocycles. The third-order valence-electron chi connectivity index (χ3n) is 5.39. The van der Waals surface area contributed by atoms with Gasteiger partial charge in [-0.3, -0.25) is 9.78 Å². The lowest BCUT2D eigenvalue weighted by Gasteiger charge is -2.29. The molecule has 1 aromatic carbocycles. The fraction of sp³-hybridized carbons (Fsp3) is 0.333.